The third-order valence-corrected chi connectivity index (χ3v) is 11.2. The van der Waals surface area contributed by atoms with Crippen LogP contribution < -0.4 is 5.32 Å². The largest absolute Gasteiger partial charge is 0.491 e. The maximum atomic E-state index is 11.3. The van der Waals surface area contributed by atoms with Crippen LogP contribution in [0, 0.1) is 40.4 Å². The minimum Gasteiger partial charge on any atom is -0.491 e. The van der Waals surface area contributed by atoms with E-state index in [2.05, 4.69) is 46.0 Å². The van der Waals surface area contributed by atoms with Crippen LogP contribution in [0.2, 0.25) is 0 Å². The van der Waals surface area contributed by atoms with Crippen LogP contribution in [0.5, 0.6) is 0 Å². The lowest BCUT2D eigenvalue weighted by Crippen LogP contribution is -2.50. The van der Waals surface area contributed by atoms with Crippen molar-refractivity contribution in [3.05, 3.63) is 23.0 Å². The first-order valence-electron chi connectivity index (χ1n) is 14.0. The number of rotatable bonds is 5. The monoisotopic (exact) mass is 469 g/mol. The first kappa shape index (κ1) is 24.4. The Morgan fingerprint density at radius 1 is 1.24 bits per heavy atom. The maximum Gasteiger partial charge on any atom is 0.216 e. The molecule has 0 bridgehead atoms. The average molecular weight is 470 g/mol. The first-order chi connectivity index (χ1) is 16.0. The van der Waals surface area contributed by atoms with Gasteiger partial charge in [0.05, 0.1) is 11.9 Å². The molecule has 3 saturated carbocycles. The van der Waals surface area contributed by atoms with Gasteiger partial charge in [-0.05, 0) is 105 Å². The van der Waals surface area contributed by atoms with E-state index in [1.54, 1.807) is 12.5 Å². The van der Waals surface area contributed by atoms with Gasteiger partial charge >= 0.3 is 0 Å². The van der Waals surface area contributed by atoms with E-state index >= 15 is 0 Å². The highest BCUT2D eigenvalue weighted by atomic mass is 16.5. The fourth-order valence-electron chi connectivity index (χ4n) is 9.61. The van der Waals surface area contributed by atoms with Crippen molar-refractivity contribution in [2.24, 2.45) is 40.4 Å². The topological polar surface area (TPSA) is 58.6 Å². The summed E-state index contributed by atoms with van der Waals surface area (Å²) in [7, 11) is 0. The third kappa shape index (κ3) is 3.69. The number of hydrogen-bond acceptors (Lipinski definition) is 3. The Kier molecular flexibility index (Phi) is 6.02. The molecule has 190 valence electrons. The van der Waals surface area contributed by atoms with Crippen LogP contribution in [0.15, 0.2) is 23.0 Å². The average Bonchev–Trinajstić information content (AvgIpc) is 3.17. The lowest BCUT2D eigenvalue weighted by molar-refractivity contribution is -0.119. The molecule has 3 fully saturated rings. The van der Waals surface area contributed by atoms with Crippen molar-refractivity contribution in [2.75, 3.05) is 6.54 Å². The minimum absolute atomic E-state index is 0.0546. The van der Waals surface area contributed by atoms with Crippen molar-refractivity contribution in [3.63, 3.8) is 0 Å². The van der Waals surface area contributed by atoms with Crippen molar-refractivity contribution in [3.8, 4) is 0 Å². The smallest absolute Gasteiger partial charge is 0.216 e. The lowest BCUT2D eigenvalue weighted by atomic mass is 9.47. The Hall–Kier alpha value is -1.29. The zero-order valence-corrected chi connectivity index (χ0v) is 22.4. The molecule has 4 nitrogen and oxygen atoms in total. The summed E-state index contributed by atoms with van der Waals surface area (Å²) in [5, 5.41) is 13.3. The van der Waals surface area contributed by atoms with Crippen LogP contribution in [-0.4, -0.2) is 29.3 Å². The standard InChI is InChI=1S/C30H47NO3/c1-18(17-31-20(3)32)7-10-26-19(2)27-29(5)14-12-24-23(25(29)16-30(27,6)34-26)9-8-21-15-22(33)11-13-28(21,24)4/h8,18,22-25,27,33H,7,9-17H2,1-6H3,(H,31,32)/t18-,22+,23+,24-,25+,27+,28+,29+,30-/m1/s1. The zero-order valence-electron chi connectivity index (χ0n) is 22.4. The number of nitrogens with one attached hydrogen (secondary N) is 1. The number of hydrogen-bond donors (Lipinski definition) is 2. The van der Waals surface area contributed by atoms with E-state index in [1.807, 2.05) is 0 Å². The highest BCUT2D eigenvalue weighted by Crippen LogP contribution is 2.71. The predicted octanol–water partition coefficient (Wildman–Crippen LogP) is 6.15. The van der Waals surface area contributed by atoms with E-state index in [9.17, 15) is 9.90 Å². The Balaban J connectivity index is 1.34. The van der Waals surface area contributed by atoms with E-state index in [0.717, 1.165) is 56.4 Å². The van der Waals surface area contributed by atoms with Crippen molar-refractivity contribution in [1.82, 2.24) is 5.32 Å². The van der Waals surface area contributed by atoms with Crippen molar-refractivity contribution in [2.45, 2.75) is 111 Å². The highest BCUT2D eigenvalue weighted by molar-refractivity contribution is 5.72. The van der Waals surface area contributed by atoms with Crippen LogP contribution >= 0.6 is 0 Å². The summed E-state index contributed by atoms with van der Waals surface area (Å²) in [5.74, 6) is 4.51. The molecule has 0 radical (unpaired) electrons. The van der Waals surface area contributed by atoms with E-state index in [-0.39, 0.29) is 17.6 Å². The quantitative estimate of drug-likeness (QED) is 0.475. The zero-order chi connectivity index (χ0) is 24.5. The number of carbonyl (C=O) groups is 1. The van der Waals surface area contributed by atoms with E-state index in [4.69, 9.17) is 4.74 Å². The molecule has 4 heteroatoms. The number of amides is 1. The van der Waals surface area contributed by atoms with E-state index in [1.165, 1.54) is 37.0 Å². The molecular weight excluding hydrogens is 422 g/mol. The molecule has 4 aliphatic carbocycles. The predicted molar refractivity (Wildman–Crippen MR) is 136 cm³/mol. The van der Waals surface area contributed by atoms with Gasteiger partial charge in [0.2, 0.25) is 5.91 Å². The molecule has 34 heavy (non-hydrogen) atoms. The number of aliphatic hydroxyl groups is 1. The molecule has 9 atom stereocenters. The van der Waals surface area contributed by atoms with Gasteiger partial charge in [-0.2, -0.15) is 0 Å². The van der Waals surface area contributed by atoms with Gasteiger partial charge in [-0.1, -0.05) is 32.4 Å². The third-order valence-electron chi connectivity index (χ3n) is 11.2. The summed E-state index contributed by atoms with van der Waals surface area (Å²) in [6.07, 6.45) is 12.5. The van der Waals surface area contributed by atoms with Crippen molar-refractivity contribution in [1.29, 1.82) is 0 Å². The SMILES string of the molecule is CC(=O)NC[C@H](C)CCC1=C(C)[C@H]2[C@@]3(C)CC[C@@H]4[C@H](CC=C5C[C@@H](O)CC[C@@]54C)[C@@H]3C[C@@]2(C)O1. The second-order valence-electron chi connectivity index (χ2n) is 13.4. The van der Waals surface area contributed by atoms with Crippen LogP contribution in [-0.2, 0) is 9.53 Å². The molecule has 0 spiro atoms. The fraction of sp³-hybridized carbons (Fsp3) is 0.833. The number of carbonyl (C=O) groups excluding carboxylic acids is 1. The molecule has 0 aromatic rings. The molecular formula is C30H47NO3. The molecule has 5 aliphatic rings. The molecule has 2 N–H and O–H groups in total. The summed E-state index contributed by atoms with van der Waals surface area (Å²) in [6.45, 7) is 14.4. The van der Waals surface area contributed by atoms with Gasteiger partial charge in [0.15, 0.2) is 0 Å². The van der Waals surface area contributed by atoms with E-state index < -0.39 is 0 Å². The van der Waals surface area contributed by atoms with E-state index in [0.29, 0.717) is 22.7 Å². The molecule has 5 rings (SSSR count). The lowest BCUT2D eigenvalue weighted by Gasteiger charge is -2.57. The Morgan fingerprint density at radius 2 is 2.00 bits per heavy atom. The summed E-state index contributed by atoms with van der Waals surface area (Å²) in [6, 6.07) is 0. The first-order valence-corrected chi connectivity index (χ1v) is 14.0. The summed E-state index contributed by atoms with van der Waals surface area (Å²) in [5.41, 5.74) is 3.62. The van der Waals surface area contributed by atoms with Crippen molar-refractivity contribution < 1.29 is 14.6 Å². The molecule has 1 heterocycles. The van der Waals surface area contributed by atoms with Gasteiger partial charge in [-0.3, -0.25) is 4.79 Å². The second kappa shape index (κ2) is 8.39. The summed E-state index contributed by atoms with van der Waals surface area (Å²) < 4.78 is 6.89. The van der Waals surface area contributed by atoms with Crippen LogP contribution in [0.4, 0.5) is 0 Å². The number of allylic oxidation sites excluding steroid dienone is 2. The molecule has 0 aromatic heterocycles. The number of aliphatic hydroxyl groups excluding tert-OH is 1. The number of fused-ring (bicyclic) bond motifs is 7. The minimum atomic E-state index is -0.130. The van der Waals surface area contributed by atoms with Gasteiger partial charge in [-0.25, -0.2) is 0 Å². The van der Waals surface area contributed by atoms with Crippen molar-refractivity contribution >= 4 is 5.91 Å². The Morgan fingerprint density at radius 3 is 2.74 bits per heavy atom. The highest BCUT2D eigenvalue weighted by Gasteiger charge is 2.67. The van der Waals surface area contributed by atoms with Gasteiger partial charge < -0.3 is 15.2 Å². The van der Waals surface area contributed by atoms with Gasteiger partial charge in [0, 0.05) is 25.8 Å². The normalized spacial score (nSPS) is 46.0. The summed E-state index contributed by atoms with van der Waals surface area (Å²) >= 11 is 0. The number of ether oxygens (including phenoxy) is 1. The Bertz CT molecular complexity index is 907. The molecule has 0 aromatic carbocycles. The maximum absolute atomic E-state index is 11.3. The molecule has 0 unspecified atom stereocenters. The Labute approximate surface area is 207 Å². The molecule has 1 aliphatic heterocycles. The molecule has 1 amide bonds. The van der Waals surface area contributed by atoms with Gasteiger partial charge in [0.25, 0.3) is 0 Å². The van der Waals surface area contributed by atoms with Crippen LogP contribution in [0.25, 0.3) is 0 Å². The summed E-state index contributed by atoms with van der Waals surface area (Å²) in [4.78, 5) is 11.3. The van der Waals surface area contributed by atoms with Crippen LogP contribution in [0.1, 0.15) is 99.3 Å². The molecule has 0 saturated heterocycles. The van der Waals surface area contributed by atoms with Gasteiger partial charge in [-0.15, -0.1) is 0 Å². The second-order valence-corrected chi connectivity index (χ2v) is 13.4. The fourth-order valence-corrected chi connectivity index (χ4v) is 9.61. The van der Waals surface area contributed by atoms with Gasteiger partial charge in [0.1, 0.15) is 5.60 Å². The van der Waals surface area contributed by atoms with Crippen LogP contribution in [0.3, 0.4) is 0 Å².